The molecule has 1 amide bonds. The number of hydrogen-bond acceptors (Lipinski definition) is 3. The third-order valence-corrected chi connectivity index (χ3v) is 2.66. The van der Waals surface area contributed by atoms with E-state index < -0.39 is 17.7 Å². The van der Waals surface area contributed by atoms with Crippen molar-refractivity contribution in [2.75, 3.05) is 6.54 Å². The minimum atomic E-state index is -0.531. The molecule has 0 saturated carbocycles. The summed E-state index contributed by atoms with van der Waals surface area (Å²) in [5.41, 5.74) is -0.531. The van der Waals surface area contributed by atoms with Crippen LogP contribution in [0, 0.1) is 0 Å². The first-order valence-corrected chi connectivity index (χ1v) is 6.01. The van der Waals surface area contributed by atoms with Crippen molar-refractivity contribution in [2.24, 2.45) is 0 Å². The number of carbonyl (C=O) groups excluding carboxylic acids is 2. The molecular weight excluding hydrogens is 218 g/mol. The van der Waals surface area contributed by atoms with Crippen LogP contribution in [0.25, 0.3) is 0 Å². The van der Waals surface area contributed by atoms with Crippen molar-refractivity contribution in [3.63, 3.8) is 0 Å². The standard InChI is InChI=1S/C13H21NO3/c1-5-11(15)10-8-6-7-9-14(10)12(16)17-13(2,3)4/h5,10H,1,6-9H2,2-4H3. The molecule has 96 valence electrons. The van der Waals surface area contributed by atoms with Gasteiger partial charge in [0, 0.05) is 6.54 Å². The van der Waals surface area contributed by atoms with Crippen LogP contribution in [0.4, 0.5) is 4.79 Å². The number of carbonyl (C=O) groups is 2. The zero-order valence-corrected chi connectivity index (χ0v) is 10.9. The van der Waals surface area contributed by atoms with Crippen molar-refractivity contribution in [3.05, 3.63) is 12.7 Å². The van der Waals surface area contributed by atoms with E-state index in [-0.39, 0.29) is 5.78 Å². The van der Waals surface area contributed by atoms with Crippen molar-refractivity contribution in [2.45, 2.75) is 51.7 Å². The van der Waals surface area contributed by atoms with Gasteiger partial charge >= 0.3 is 6.09 Å². The molecule has 1 saturated heterocycles. The Kier molecular flexibility index (Phi) is 4.32. The van der Waals surface area contributed by atoms with Crippen LogP contribution in [-0.2, 0) is 9.53 Å². The van der Waals surface area contributed by atoms with Gasteiger partial charge in [-0.25, -0.2) is 4.79 Å². The molecule has 0 aromatic rings. The number of hydrogen-bond donors (Lipinski definition) is 0. The summed E-state index contributed by atoms with van der Waals surface area (Å²) in [7, 11) is 0. The first kappa shape index (κ1) is 13.7. The molecule has 1 fully saturated rings. The van der Waals surface area contributed by atoms with Gasteiger partial charge in [-0.15, -0.1) is 0 Å². The summed E-state index contributed by atoms with van der Waals surface area (Å²) in [6.07, 6.45) is 3.46. The maximum atomic E-state index is 12.0. The Morgan fingerprint density at radius 3 is 2.53 bits per heavy atom. The Bertz CT molecular complexity index is 317. The zero-order valence-electron chi connectivity index (χ0n) is 10.9. The van der Waals surface area contributed by atoms with E-state index in [0.717, 1.165) is 12.8 Å². The second-order valence-electron chi connectivity index (χ2n) is 5.29. The van der Waals surface area contributed by atoms with Crippen LogP contribution in [0.5, 0.6) is 0 Å². The van der Waals surface area contributed by atoms with Gasteiger partial charge in [0.15, 0.2) is 5.78 Å². The first-order valence-electron chi connectivity index (χ1n) is 6.01. The summed E-state index contributed by atoms with van der Waals surface area (Å²) in [6.45, 7) is 9.51. The van der Waals surface area contributed by atoms with E-state index in [1.807, 2.05) is 20.8 Å². The van der Waals surface area contributed by atoms with Gasteiger partial charge in [-0.3, -0.25) is 9.69 Å². The molecule has 4 heteroatoms. The van der Waals surface area contributed by atoms with Gasteiger partial charge in [0.25, 0.3) is 0 Å². The molecule has 4 nitrogen and oxygen atoms in total. The number of likely N-dealkylation sites (tertiary alicyclic amines) is 1. The zero-order chi connectivity index (χ0) is 13.1. The van der Waals surface area contributed by atoms with E-state index in [2.05, 4.69) is 6.58 Å². The first-order chi connectivity index (χ1) is 7.85. The van der Waals surface area contributed by atoms with Crippen LogP contribution in [0.3, 0.4) is 0 Å². The molecule has 0 spiro atoms. The molecule has 0 bridgehead atoms. The van der Waals surface area contributed by atoms with E-state index in [9.17, 15) is 9.59 Å². The van der Waals surface area contributed by atoms with E-state index >= 15 is 0 Å². The molecule has 17 heavy (non-hydrogen) atoms. The molecule has 1 aliphatic heterocycles. The Balaban J connectivity index is 2.74. The summed E-state index contributed by atoms with van der Waals surface area (Å²) in [5, 5.41) is 0. The highest BCUT2D eigenvalue weighted by Gasteiger charge is 2.33. The molecular formula is C13H21NO3. The van der Waals surface area contributed by atoms with Crippen LogP contribution >= 0.6 is 0 Å². The molecule has 0 aromatic carbocycles. The summed E-state index contributed by atoms with van der Waals surface area (Å²) >= 11 is 0. The van der Waals surface area contributed by atoms with Gasteiger partial charge in [0.1, 0.15) is 5.60 Å². The molecule has 0 aliphatic carbocycles. The number of nitrogens with zero attached hydrogens (tertiary/aromatic N) is 1. The minimum absolute atomic E-state index is 0.101. The Hall–Kier alpha value is -1.32. The molecule has 0 N–H and O–H groups in total. The van der Waals surface area contributed by atoms with Gasteiger partial charge in [0.2, 0.25) is 0 Å². The molecule has 0 aromatic heterocycles. The largest absolute Gasteiger partial charge is 0.444 e. The third kappa shape index (κ3) is 3.88. The average Bonchev–Trinajstić information content (AvgIpc) is 2.25. The van der Waals surface area contributed by atoms with E-state index in [4.69, 9.17) is 4.74 Å². The van der Waals surface area contributed by atoms with Crippen LogP contribution in [0.1, 0.15) is 40.0 Å². The van der Waals surface area contributed by atoms with Crippen molar-refractivity contribution in [1.29, 1.82) is 0 Å². The van der Waals surface area contributed by atoms with Crippen LogP contribution in [0.15, 0.2) is 12.7 Å². The van der Waals surface area contributed by atoms with Crippen LogP contribution in [-0.4, -0.2) is 35.0 Å². The molecule has 1 atom stereocenters. The quantitative estimate of drug-likeness (QED) is 0.696. The molecule has 0 radical (unpaired) electrons. The van der Waals surface area contributed by atoms with Gasteiger partial charge in [0.05, 0.1) is 6.04 Å². The highest BCUT2D eigenvalue weighted by Crippen LogP contribution is 2.21. The monoisotopic (exact) mass is 239 g/mol. The highest BCUT2D eigenvalue weighted by atomic mass is 16.6. The average molecular weight is 239 g/mol. The number of piperidine rings is 1. The Morgan fingerprint density at radius 2 is 2.00 bits per heavy atom. The van der Waals surface area contributed by atoms with Gasteiger partial charge < -0.3 is 4.74 Å². The van der Waals surface area contributed by atoms with Crippen LogP contribution in [0.2, 0.25) is 0 Å². The molecule has 1 heterocycles. The van der Waals surface area contributed by atoms with Crippen molar-refractivity contribution >= 4 is 11.9 Å². The number of ether oxygens (including phenoxy) is 1. The molecule has 1 aliphatic rings. The maximum absolute atomic E-state index is 12.0. The summed E-state index contributed by atoms with van der Waals surface area (Å²) in [6, 6.07) is -0.393. The summed E-state index contributed by atoms with van der Waals surface area (Å²) in [4.78, 5) is 25.2. The van der Waals surface area contributed by atoms with Gasteiger partial charge in [-0.05, 0) is 46.1 Å². The fraction of sp³-hybridized carbons (Fsp3) is 0.692. The fourth-order valence-corrected chi connectivity index (χ4v) is 1.90. The molecule has 1 unspecified atom stereocenters. The third-order valence-electron chi connectivity index (χ3n) is 2.66. The van der Waals surface area contributed by atoms with Crippen molar-refractivity contribution < 1.29 is 14.3 Å². The van der Waals surface area contributed by atoms with E-state index in [1.165, 1.54) is 11.0 Å². The number of amides is 1. The SMILES string of the molecule is C=CC(=O)C1CCCCN1C(=O)OC(C)(C)C. The Labute approximate surface area is 103 Å². The predicted octanol–water partition coefficient (Wildman–Crippen LogP) is 2.53. The lowest BCUT2D eigenvalue weighted by Crippen LogP contribution is -2.49. The van der Waals surface area contributed by atoms with Gasteiger partial charge in [-0.1, -0.05) is 6.58 Å². The fourth-order valence-electron chi connectivity index (χ4n) is 1.90. The number of rotatable bonds is 2. The molecule has 1 rings (SSSR count). The second-order valence-corrected chi connectivity index (χ2v) is 5.29. The lowest BCUT2D eigenvalue weighted by Gasteiger charge is -2.35. The number of ketones is 1. The highest BCUT2D eigenvalue weighted by molar-refractivity contribution is 5.95. The normalized spacial score (nSPS) is 20.9. The second kappa shape index (κ2) is 5.34. The van der Waals surface area contributed by atoms with Crippen LogP contribution < -0.4 is 0 Å². The minimum Gasteiger partial charge on any atom is -0.444 e. The van der Waals surface area contributed by atoms with E-state index in [1.54, 1.807) is 0 Å². The Morgan fingerprint density at radius 1 is 1.35 bits per heavy atom. The van der Waals surface area contributed by atoms with E-state index in [0.29, 0.717) is 13.0 Å². The predicted molar refractivity (Wildman–Crippen MR) is 65.8 cm³/mol. The summed E-state index contributed by atoms with van der Waals surface area (Å²) in [5.74, 6) is -0.101. The summed E-state index contributed by atoms with van der Waals surface area (Å²) < 4.78 is 5.30. The van der Waals surface area contributed by atoms with Crippen molar-refractivity contribution in [1.82, 2.24) is 4.90 Å². The maximum Gasteiger partial charge on any atom is 0.410 e. The topological polar surface area (TPSA) is 46.6 Å². The van der Waals surface area contributed by atoms with Crippen molar-refractivity contribution in [3.8, 4) is 0 Å². The van der Waals surface area contributed by atoms with Gasteiger partial charge in [-0.2, -0.15) is 0 Å². The lowest BCUT2D eigenvalue weighted by molar-refractivity contribution is -0.120. The smallest absolute Gasteiger partial charge is 0.410 e. The lowest BCUT2D eigenvalue weighted by atomic mass is 9.99.